The Labute approximate surface area is 73.4 Å². The second kappa shape index (κ2) is 6.51. The smallest absolute Gasteiger partial charge is 0.0666 e. The maximum Gasteiger partial charge on any atom is 0.0666 e. The predicted octanol–water partition coefficient (Wildman–Crippen LogP) is 1.49. The van der Waals surface area contributed by atoms with Gasteiger partial charge in [-0.1, -0.05) is 0 Å². The lowest BCUT2D eigenvalue weighted by molar-refractivity contribution is 0.543. The lowest BCUT2D eigenvalue weighted by atomic mass is 10.2. The van der Waals surface area contributed by atoms with Gasteiger partial charge in [0.1, 0.15) is 0 Å². The number of rotatable bonds is 5. The zero-order chi connectivity index (χ0) is 8.69. The van der Waals surface area contributed by atoms with Gasteiger partial charge >= 0.3 is 0 Å². The zero-order valence-electron chi connectivity index (χ0n) is 7.42. The van der Waals surface area contributed by atoms with E-state index in [1.54, 1.807) is 0 Å². The van der Waals surface area contributed by atoms with Crippen molar-refractivity contribution in [2.24, 2.45) is 5.92 Å². The van der Waals surface area contributed by atoms with Gasteiger partial charge < -0.3 is 5.32 Å². The van der Waals surface area contributed by atoms with Crippen molar-refractivity contribution in [3.8, 4) is 6.07 Å². The predicted molar refractivity (Wildman–Crippen MR) is 50.6 cm³/mol. The summed E-state index contributed by atoms with van der Waals surface area (Å²) in [5.41, 5.74) is 0. The van der Waals surface area contributed by atoms with Crippen LogP contribution in [0.15, 0.2) is 0 Å². The third-order valence-corrected chi connectivity index (χ3v) is 2.24. The maximum atomic E-state index is 8.48. The summed E-state index contributed by atoms with van der Waals surface area (Å²) in [5, 5.41) is 11.8. The molecule has 0 saturated heterocycles. The molecule has 0 aromatic rings. The molecule has 0 aromatic heterocycles. The molecule has 64 valence electrons. The summed E-state index contributed by atoms with van der Waals surface area (Å²) >= 11 is 1.82. The largest absolute Gasteiger partial charge is 0.312 e. The number of nitriles is 1. The summed E-state index contributed by atoms with van der Waals surface area (Å²) in [4.78, 5) is 0. The summed E-state index contributed by atoms with van der Waals surface area (Å²) in [6.45, 7) is 4.87. The second-order valence-corrected chi connectivity index (χ2v) is 3.71. The van der Waals surface area contributed by atoms with Crippen LogP contribution in [0.25, 0.3) is 0 Å². The monoisotopic (exact) mass is 172 g/mol. The number of hydrogen-bond donors (Lipinski definition) is 1. The van der Waals surface area contributed by atoms with Gasteiger partial charge in [-0.2, -0.15) is 17.0 Å². The molecule has 0 aromatic carbocycles. The Balaban J connectivity index is 3.31. The Morgan fingerprint density at radius 1 is 1.55 bits per heavy atom. The highest BCUT2D eigenvalue weighted by atomic mass is 32.2. The van der Waals surface area contributed by atoms with E-state index in [4.69, 9.17) is 5.26 Å². The zero-order valence-corrected chi connectivity index (χ0v) is 8.24. The van der Waals surface area contributed by atoms with Crippen molar-refractivity contribution < 1.29 is 0 Å². The standard InChI is InChI=1S/C8H16N2S/c1-7(4-9)5-10-8(2)6-11-3/h7-8,10H,5-6H2,1-3H3. The minimum Gasteiger partial charge on any atom is -0.312 e. The van der Waals surface area contributed by atoms with Crippen LogP contribution in [0.2, 0.25) is 0 Å². The van der Waals surface area contributed by atoms with Crippen molar-refractivity contribution in [2.75, 3.05) is 18.6 Å². The second-order valence-electron chi connectivity index (χ2n) is 2.79. The van der Waals surface area contributed by atoms with Gasteiger partial charge in [0.05, 0.1) is 12.0 Å². The van der Waals surface area contributed by atoms with Gasteiger partial charge in [-0.3, -0.25) is 0 Å². The molecule has 2 nitrogen and oxygen atoms in total. The van der Waals surface area contributed by atoms with Crippen molar-refractivity contribution in [2.45, 2.75) is 19.9 Å². The van der Waals surface area contributed by atoms with Crippen LogP contribution in [0.1, 0.15) is 13.8 Å². The molecule has 0 aliphatic rings. The maximum absolute atomic E-state index is 8.48. The molecule has 0 heterocycles. The first kappa shape index (κ1) is 10.8. The number of thioether (sulfide) groups is 1. The average molecular weight is 172 g/mol. The van der Waals surface area contributed by atoms with Crippen LogP contribution in [0.3, 0.4) is 0 Å². The van der Waals surface area contributed by atoms with Gasteiger partial charge in [0.15, 0.2) is 0 Å². The molecule has 0 fully saturated rings. The molecule has 0 aliphatic heterocycles. The van der Waals surface area contributed by atoms with Crippen LogP contribution in [0.4, 0.5) is 0 Å². The fourth-order valence-electron chi connectivity index (χ4n) is 0.733. The molecule has 0 aliphatic carbocycles. The van der Waals surface area contributed by atoms with Gasteiger partial charge in [0.2, 0.25) is 0 Å². The SMILES string of the molecule is CSCC(C)NCC(C)C#N. The average Bonchev–Trinajstić information content (AvgIpc) is 2.01. The fourth-order valence-corrected chi connectivity index (χ4v) is 1.35. The number of nitrogens with zero attached hydrogens (tertiary/aromatic N) is 1. The van der Waals surface area contributed by atoms with E-state index in [1.165, 1.54) is 0 Å². The summed E-state index contributed by atoms with van der Waals surface area (Å²) in [7, 11) is 0. The Morgan fingerprint density at radius 2 is 2.18 bits per heavy atom. The van der Waals surface area contributed by atoms with E-state index in [-0.39, 0.29) is 5.92 Å². The Morgan fingerprint density at radius 3 is 2.64 bits per heavy atom. The lowest BCUT2D eigenvalue weighted by Gasteiger charge is -2.12. The van der Waals surface area contributed by atoms with Crippen molar-refractivity contribution in [3.63, 3.8) is 0 Å². The van der Waals surface area contributed by atoms with Crippen molar-refractivity contribution in [3.05, 3.63) is 0 Å². The van der Waals surface area contributed by atoms with Crippen LogP contribution >= 0.6 is 11.8 Å². The number of hydrogen-bond acceptors (Lipinski definition) is 3. The first-order valence-electron chi connectivity index (χ1n) is 3.82. The van der Waals surface area contributed by atoms with Crippen molar-refractivity contribution in [1.82, 2.24) is 5.32 Å². The van der Waals surface area contributed by atoms with Crippen LogP contribution in [-0.2, 0) is 0 Å². The van der Waals surface area contributed by atoms with Gasteiger partial charge in [-0.05, 0) is 20.1 Å². The summed E-state index contributed by atoms with van der Waals surface area (Å²) < 4.78 is 0. The summed E-state index contributed by atoms with van der Waals surface area (Å²) in [5.74, 6) is 1.23. The molecule has 0 radical (unpaired) electrons. The van der Waals surface area contributed by atoms with E-state index in [0.717, 1.165) is 12.3 Å². The van der Waals surface area contributed by atoms with Gasteiger partial charge in [-0.25, -0.2) is 0 Å². The quantitative estimate of drug-likeness (QED) is 0.682. The molecule has 2 atom stereocenters. The highest BCUT2D eigenvalue weighted by Gasteiger charge is 2.02. The van der Waals surface area contributed by atoms with E-state index in [2.05, 4.69) is 24.6 Å². The highest BCUT2D eigenvalue weighted by Crippen LogP contribution is 1.97. The van der Waals surface area contributed by atoms with E-state index >= 15 is 0 Å². The molecule has 0 bridgehead atoms. The Bertz CT molecular complexity index is 131. The van der Waals surface area contributed by atoms with E-state index in [9.17, 15) is 0 Å². The molecule has 3 heteroatoms. The molecule has 1 N–H and O–H groups in total. The molecule has 11 heavy (non-hydrogen) atoms. The summed E-state index contributed by atoms with van der Waals surface area (Å²) in [6, 6.07) is 2.71. The van der Waals surface area contributed by atoms with Crippen LogP contribution < -0.4 is 5.32 Å². The molecular weight excluding hydrogens is 156 g/mol. The molecule has 2 unspecified atom stereocenters. The molecule has 0 amide bonds. The van der Waals surface area contributed by atoms with E-state index < -0.39 is 0 Å². The van der Waals surface area contributed by atoms with E-state index in [0.29, 0.717) is 6.04 Å². The summed E-state index contributed by atoms with van der Waals surface area (Å²) in [6.07, 6.45) is 2.09. The third-order valence-electron chi connectivity index (χ3n) is 1.41. The van der Waals surface area contributed by atoms with Gasteiger partial charge in [0, 0.05) is 18.3 Å². The van der Waals surface area contributed by atoms with Crippen molar-refractivity contribution in [1.29, 1.82) is 5.26 Å². The minimum atomic E-state index is 0.124. The number of nitrogens with one attached hydrogen (secondary N) is 1. The van der Waals surface area contributed by atoms with Crippen LogP contribution in [0, 0.1) is 17.2 Å². The van der Waals surface area contributed by atoms with Crippen LogP contribution in [-0.4, -0.2) is 24.6 Å². The highest BCUT2D eigenvalue weighted by molar-refractivity contribution is 7.98. The topological polar surface area (TPSA) is 35.8 Å². The molecule has 0 rings (SSSR count). The van der Waals surface area contributed by atoms with Crippen molar-refractivity contribution >= 4 is 11.8 Å². The van der Waals surface area contributed by atoms with Crippen LogP contribution in [0.5, 0.6) is 0 Å². The van der Waals surface area contributed by atoms with Gasteiger partial charge in [-0.15, -0.1) is 0 Å². The molecular formula is C8H16N2S. The Kier molecular flexibility index (Phi) is 6.39. The lowest BCUT2D eigenvalue weighted by Crippen LogP contribution is -2.31. The normalized spacial score (nSPS) is 15.5. The first-order chi connectivity index (χ1) is 5.20. The minimum absolute atomic E-state index is 0.124. The Hall–Kier alpha value is -0.200. The van der Waals surface area contributed by atoms with Gasteiger partial charge in [0.25, 0.3) is 0 Å². The van der Waals surface area contributed by atoms with E-state index in [1.807, 2.05) is 18.7 Å². The third kappa shape index (κ3) is 6.21. The molecule has 0 saturated carbocycles. The first-order valence-corrected chi connectivity index (χ1v) is 5.22. The fraction of sp³-hybridized carbons (Fsp3) is 0.875. The molecule has 0 spiro atoms.